The maximum absolute atomic E-state index is 11.9. The molecule has 0 aliphatic carbocycles. The Bertz CT molecular complexity index is 441. The number of amides is 2. The topological polar surface area (TPSA) is 62.4 Å². The highest BCUT2D eigenvalue weighted by molar-refractivity contribution is 5.89. The van der Waals surface area contributed by atoms with Crippen molar-refractivity contribution >= 4 is 11.7 Å². The zero-order chi connectivity index (χ0) is 15.1. The largest absolute Gasteiger partial charge is 0.381 e. The molecule has 1 heterocycles. The smallest absolute Gasteiger partial charge is 0.319 e. The SMILES string of the molecule is CNC(C)c1ccc(NC(=O)NCC2CCCOC2)cc1. The summed E-state index contributed by atoms with van der Waals surface area (Å²) in [6.07, 6.45) is 2.20. The van der Waals surface area contributed by atoms with E-state index in [1.165, 1.54) is 5.56 Å². The number of carbonyl (C=O) groups is 1. The summed E-state index contributed by atoms with van der Waals surface area (Å²) in [4.78, 5) is 11.9. The van der Waals surface area contributed by atoms with Gasteiger partial charge in [-0.05, 0) is 50.4 Å². The Labute approximate surface area is 126 Å². The molecule has 1 aliphatic rings. The van der Waals surface area contributed by atoms with Gasteiger partial charge in [0.15, 0.2) is 0 Å². The Hall–Kier alpha value is -1.59. The first-order valence-corrected chi connectivity index (χ1v) is 7.59. The molecule has 0 radical (unpaired) electrons. The third-order valence-corrected chi connectivity index (χ3v) is 3.91. The van der Waals surface area contributed by atoms with Gasteiger partial charge >= 0.3 is 6.03 Å². The molecule has 5 nitrogen and oxygen atoms in total. The van der Waals surface area contributed by atoms with Gasteiger partial charge in [-0.2, -0.15) is 0 Å². The van der Waals surface area contributed by atoms with Crippen molar-refractivity contribution in [1.29, 1.82) is 0 Å². The molecule has 116 valence electrons. The van der Waals surface area contributed by atoms with Crippen LogP contribution in [0.5, 0.6) is 0 Å². The molecule has 3 N–H and O–H groups in total. The van der Waals surface area contributed by atoms with Crippen LogP contribution in [0.4, 0.5) is 10.5 Å². The number of carbonyl (C=O) groups excluding carboxylic acids is 1. The van der Waals surface area contributed by atoms with Crippen LogP contribution in [0, 0.1) is 5.92 Å². The second-order valence-corrected chi connectivity index (χ2v) is 5.55. The molecule has 0 saturated carbocycles. The van der Waals surface area contributed by atoms with Crippen molar-refractivity contribution in [2.45, 2.75) is 25.8 Å². The molecule has 2 rings (SSSR count). The summed E-state index contributed by atoms with van der Waals surface area (Å²) in [7, 11) is 1.93. The Kier molecular flexibility index (Phi) is 6.02. The normalized spacial score (nSPS) is 19.8. The highest BCUT2D eigenvalue weighted by atomic mass is 16.5. The number of hydrogen-bond donors (Lipinski definition) is 3. The van der Waals surface area contributed by atoms with E-state index < -0.39 is 0 Å². The van der Waals surface area contributed by atoms with Gasteiger partial charge in [-0.15, -0.1) is 0 Å². The molecule has 2 amide bonds. The zero-order valence-electron chi connectivity index (χ0n) is 12.8. The number of nitrogens with one attached hydrogen (secondary N) is 3. The van der Waals surface area contributed by atoms with Crippen LogP contribution in [0.25, 0.3) is 0 Å². The second-order valence-electron chi connectivity index (χ2n) is 5.55. The van der Waals surface area contributed by atoms with E-state index in [0.29, 0.717) is 18.5 Å². The van der Waals surface area contributed by atoms with Gasteiger partial charge < -0.3 is 20.7 Å². The predicted octanol–water partition coefficient (Wildman–Crippen LogP) is 2.52. The van der Waals surface area contributed by atoms with Crippen LogP contribution in [0.1, 0.15) is 31.4 Å². The third-order valence-electron chi connectivity index (χ3n) is 3.91. The summed E-state index contributed by atoms with van der Waals surface area (Å²) in [5.74, 6) is 0.434. The fourth-order valence-electron chi connectivity index (χ4n) is 2.40. The van der Waals surface area contributed by atoms with E-state index in [-0.39, 0.29) is 6.03 Å². The lowest BCUT2D eigenvalue weighted by atomic mass is 10.0. The molecule has 1 aromatic rings. The standard InChI is InChI=1S/C16H25N3O2/c1-12(17-2)14-5-7-15(8-6-14)19-16(20)18-10-13-4-3-9-21-11-13/h5-8,12-13,17H,3-4,9-11H2,1-2H3,(H2,18,19,20). The average Bonchev–Trinajstić information content (AvgIpc) is 2.54. The lowest BCUT2D eigenvalue weighted by molar-refractivity contribution is 0.0559. The molecule has 0 spiro atoms. The first-order chi connectivity index (χ1) is 10.2. The number of anilines is 1. The minimum atomic E-state index is -0.157. The van der Waals surface area contributed by atoms with E-state index in [1.807, 2.05) is 31.3 Å². The second kappa shape index (κ2) is 8.00. The fourth-order valence-corrected chi connectivity index (χ4v) is 2.40. The quantitative estimate of drug-likeness (QED) is 0.781. The van der Waals surface area contributed by atoms with Gasteiger partial charge in [0.2, 0.25) is 0 Å². The first kappa shape index (κ1) is 15.8. The number of hydrogen-bond acceptors (Lipinski definition) is 3. The van der Waals surface area contributed by atoms with Gasteiger partial charge in [0.05, 0.1) is 6.61 Å². The van der Waals surface area contributed by atoms with E-state index in [2.05, 4.69) is 22.9 Å². The van der Waals surface area contributed by atoms with Crippen molar-refractivity contribution in [2.24, 2.45) is 5.92 Å². The fraction of sp³-hybridized carbons (Fsp3) is 0.562. The molecule has 5 heteroatoms. The van der Waals surface area contributed by atoms with Crippen molar-refractivity contribution < 1.29 is 9.53 Å². The first-order valence-electron chi connectivity index (χ1n) is 7.59. The van der Waals surface area contributed by atoms with Crippen molar-refractivity contribution in [2.75, 3.05) is 32.1 Å². The van der Waals surface area contributed by atoms with Crippen molar-refractivity contribution in [3.8, 4) is 0 Å². The Morgan fingerprint density at radius 1 is 1.38 bits per heavy atom. The lowest BCUT2D eigenvalue weighted by Gasteiger charge is -2.22. The van der Waals surface area contributed by atoms with Crippen LogP contribution in [0.15, 0.2) is 24.3 Å². The molecule has 1 aromatic carbocycles. The molecule has 1 fully saturated rings. The monoisotopic (exact) mass is 291 g/mol. The van der Waals surface area contributed by atoms with Crippen LogP contribution in [0.3, 0.4) is 0 Å². The van der Waals surface area contributed by atoms with Gasteiger partial charge in [0.25, 0.3) is 0 Å². The van der Waals surface area contributed by atoms with E-state index in [9.17, 15) is 4.79 Å². The summed E-state index contributed by atoms with van der Waals surface area (Å²) >= 11 is 0. The molecule has 2 unspecified atom stereocenters. The Balaban J connectivity index is 1.76. The minimum Gasteiger partial charge on any atom is -0.381 e. The Morgan fingerprint density at radius 2 is 2.14 bits per heavy atom. The van der Waals surface area contributed by atoms with Gasteiger partial charge in [-0.25, -0.2) is 4.79 Å². The number of benzene rings is 1. The van der Waals surface area contributed by atoms with Crippen molar-refractivity contribution in [1.82, 2.24) is 10.6 Å². The number of ether oxygens (including phenoxy) is 1. The molecule has 21 heavy (non-hydrogen) atoms. The molecular weight excluding hydrogens is 266 g/mol. The van der Waals surface area contributed by atoms with Crippen molar-refractivity contribution in [3.05, 3.63) is 29.8 Å². The van der Waals surface area contributed by atoms with Crippen LogP contribution >= 0.6 is 0 Å². The summed E-state index contributed by atoms with van der Waals surface area (Å²) in [6.45, 7) is 4.36. The molecule has 1 saturated heterocycles. The van der Waals surface area contributed by atoms with E-state index in [4.69, 9.17) is 4.74 Å². The minimum absolute atomic E-state index is 0.157. The van der Waals surface area contributed by atoms with Gasteiger partial charge in [-0.3, -0.25) is 0 Å². The summed E-state index contributed by atoms with van der Waals surface area (Å²) in [5, 5.41) is 8.95. The van der Waals surface area contributed by atoms with Gasteiger partial charge in [0, 0.05) is 24.9 Å². The molecule has 1 aliphatic heterocycles. The maximum atomic E-state index is 11.9. The summed E-state index contributed by atoms with van der Waals surface area (Å²) in [5.41, 5.74) is 2.00. The van der Waals surface area contributed by atoms with Crippen molar-refractivity contribution in [3.63, 3.8) is 0 Å². The predicted molar refractivity (Wildman–Crippen MR) is 84.5 cm³/mol. The molecule has 2 atom stereocenters. The summed E-state index contributed by atoms with van der Waals surface area (Å²) in [6, 6.07) is 8.03. The van der Waals surface area contributed by atoms with Gasteiger partial charge in [-0.1, -0.05) is 12.1 Å². The van der Waals surface area contributed by atoms with Gasteiger partial charge in [0.1, 0.15) is 0 Å². The van der Waals surface area contributed by atoms with E-state index >= 15 is 0 Å². The number of rotatable bonds is 5. The molecular formula is C16H25N3O2. The Morgan fingerprint density at radius 3 is 2.76 bits per heavy atom. The molecule has 0 bridgehead atoms. The highest BCUT2D eigenvalue weighted by Crippen LogP contribution is 2.16. The van der Waals surface area contributed by atoms with Crippen LogP contribution in [-0.2, 0) is 4.74 Å². The zero-order valence-corrected chi connectivity index (χ0v) is 12.8. The average molecular weight is 291 g/mol. The summed E-state index contributed by atoms with van der Waals surface area (Å²) < 4.78 is 5.40. The van der Waals surface area contributed by atoms with Crippen LogP contribution in [0.2, 0.25) is 0 Å². The van der Waals surface area contributed by atoms with E-state index in [1.54, 1.807) is 0 Å². The van der Waals surface area contributed by atoms with Crippen LogP contribution < -0.4 is 16.0 Å². The van der Waals surface area contributed by atoms with Crippen LogP contribution in [-0.4, -0.2) is 32.8 Å². The maximum Gasteiger partial charge on any atom is 0.319 e. The number of urea groups is 1. The third kappa shape index (κ3) is 5.02. The lowest BCUT2D eigenvalue weighted by Crippen LogP contribution is -2.35. The van der Waals surface area contributed by atoms with E-state index in [0.717, 1.165) is 31.7 Å². The molecule has 0 aromatic heterocycles. The highest BCUT2D eigenvalue weighted by Gasteiger charge is 2.14.